The molecule has 138 valence electrons. The largest absolute Gasteiger partial charge is 0.481 e. The second-order valence-electron chi connectivity index (χ2n) is 6.70. The molecule has 1 aliphatic carbocycles. The molecule has 5 atom stereocenters. The lowest BCUT2D eigenvalue weighted by molar-refractivity contribution is -0.138. The van der Waals surface area contributed by atoms with E-state index in [1.807, 2.05) is 0 Å². The van der Waals surface area contributed by atoms with Gasteiger partial charge in [0.05, 0.1) is 24.7 Å². The van der Waals surface area contributed by atoms with E-state index >= 15 is 0 Å². The topological polar surface area (TPSA) is 115 Å². The van der Waals surface area contributed by atoms with Gasteiger partial charge in [0.25, 0.3) is 0 Å². The Kier molecular flexibility index (Phi) is 9.18. The van der Waals surface area contributed by atoms with Crippen LogP contribution in [-0.2, 0) is 9.59 Å². The minimum Gasteiger partial charge on any atom is -0.481 e. The Hall–Kier alpha value is -1.24. The van der Waals surface area contributed by atoms with Crippen LogP contribution in [0.15, 0.2) is 12.2 Å². The van der Waals surface area contributed by atoms with E-state index in [2.05, 4.69) is 6.92 Å². The summed E-state index contributed by atoms with van der Waals surface area (Å²) in [6.07, 6.45) is 4.86. The third-order valence-corrected chi connectivity index (χ3v) is 4.66. The Morgan fingerprint density at radius 1 is 1.17 bits per heavy atom. The van der Waals surface area contributed by atoms with E-state index in [0.29, 0.717) is 6.42 Å². The highest BCUT2D eigenvalue weighted by Crippen LogP contribution is 2.36. The van der Waals surface area contributed by atoms with Gasteiger partial charge in [-0.15, -0.1) is 0 Å². The number of Topliss-reactive ketones (excluding diaryl/α,β-unsaturated/α-hetero) is 1. The van der Waals surface area contributed by atoms with Gasteiger partial charge < -0.3 is 20.4 Å². The monoisotopic (exact) mass is 342 g/mol. The summed E-state index contributed by atoms with van der Waals surface area (Å²) in [7, 11) is 0. The minimum atomic E-state index is -1.03. The molecule has 0 saturated heterocycles. The minimum absolute atomic E-state index is 0.0481. The molecule has 0 aliphatic heterocycles. The van der Waals surface area contributed by atoms with Gasteiger partial charge in [-0.2, -0.15) is 0 Å². The normalized spacial score (nSPS) is 28.3. The van der Waals surface area contributed by atoms with E-state index in [9.17, 15) is 24.9 Å². The van der Waals surface area contributed by atoms with Crippen LogP contribution in [-0.4, -0.2) is 50.5 Å². The van der Waals surface area contributed by atoms with Crippen LogP contribution in [0.1, 0.15) is 58.3 Å². The average molecular weight is 342 g/mol. The lowest BCUT2D eigenvalue weighted by Gasteiger charge is -2.20. The molecular weight excluding hydrogens is 312 g/mol. The van der Waals surface area contributed by atoms with Gasteiger partial charge in [0.2, 0.25) is 0 Å². The van der Waals surface area contributed by atoms with Crippen LogP contribution < -0.4 is 0 Å². The molecule has 0 bridgehead atoms. The van der Waals surface area contributed by atoms with E-state index in [4.69, 9.17) is 5.11 Å². The molecule has 24 heavy (non-hydrogen) atoms. The summed E-state index contributed by atoms with van der Waals surface area (Å²) in [5.74, 6) is -2.07. The van der Waals surface area contributed by atoms with Gasteiger partial charge in [-0.1, -0.05) is 38.3 Å². The van der Waals surface area contributed by atoms with Gasteiger partial charge in [-0.25, -0.2) is 0 Å². The van der Waals surface area contributed by atoms with Gasteiger partial charge in [-0.3, -0.25) is 9.59 Å². The van der Waals surface area contributed by atoms with Crippen molar-refractivity contribution in [1.29, 1.82) is 0 Å². The number of carboxylic acids is 1. The van der Waals surface area contributed by atoms with Gasteiger partial charge in [-0.05, 0) is 6.42 Å². The molecule has 0 aromatic carbocycles. The number of hydrogen-bond donors (Lipinski definition) is 4. The zero-order chi connectivity index (χ0) is 18.1. The lowest BCUT2D eigenvalue weighted by Crippen LogP contribution is -2.24. The first-order valence-electron chi connectivity index (χ1n) is 8.81. The molecule has 1 saturated carbocycles. The second kappa shape index (κ2) is 10.6. The van der Waals surface area contributed by atoms with Crippen molar-refractivity contribution in [3.63, 3.8) is 0 Å². The van der Waals surface area contributed by atoms with Crippen LogP contribution in [0.25, 0.3) is 0 Å². The van der Waals surface area contributed by atoms with E-state index < -0.39 is 36.1 Å². The molecule has 0 amide bonds. The Morgan fingerprint density at radius 2 is 1.88 bits per heavy atom. The predicted molar refractivity (Wildman–Crippen MR) is 89.4 cm³/mol. The Morgan fingerprint density at radius 3 is 2.50 bits per heavy atom. The molecule has 0 aromatic heterocycles. The summed E-state index contributed by atoms with van der Waals surface area (Å²) in [4.78, 5) is 22.4. The van der Waals surface area contributed by atoms with Crippen LogP contribution in [0.4, 0.5) is 0 Å². The number of aliphatic hydroxyl groups excluding tert-OH is 3. The third-order valence-electron chi connectivity index (χ3n) is 4.66. The Labute approximate surface area is 143 Å². The first-order chi connectivity index (χ1) is 11.3. The molecule has 1 fully saturated rings. The molecule has 4 N–H and O–H groups in total. The number of carboxylic acid groups (broad SMARTS) is 1. The summed E-state index contributed by atoms with van der Waals surface area (Å²) < 4.78 is 0. The number of carbonyl (C=O) groups is 2. The first kappa shape index (κ1) is 20.8. The quantitative estimate of drug-likeness (QED) is 0.335. The van der Waals surface area contributed by atoms with Crippen molar-refractivity contribution in [3.05, 3.63) is 12.2 Å². The van der Waals surface area contributed by atoms with Crippen LogP contribution in [0.5, 0.6) is 0 Å². The fourth-order valence-electron chi connectivity index (χ4n) is 3.23. The highest BCUT2D eigenvalue weighted by atomic mass is 16.4. The van der Waals surface area contributed by atoms with Gasteiger partial charge in [0, 0.05) is 31.1 Å². The van der Waals surface area contributed by atoms with Crippen LogP contribution in [0.3, 0.4) is 0 Å². The Balaban J connectivity index is 2.58. The lowest BCUT2D eigenvalue weighted by atomic mass is 9.87. The maximum absolute atomic E-state index is 11.9. The molecule has 6 nitrogen and oxygen atoms in total. The molecule has 0 unspecified atom stereocenters. The van der Waals surface area contributed by atoms with E-state index in [1.165, 1.54) is 0 Å². The molecule has 6 heteroatoms. The summed E-state index contributed by atoms with van der Waals surface area (Å²) in [5, 5.41) is 38.7. The fourth-order valence-corrected chi connectivity index (χ4v) is 3.23. The average Bonchev–Trinajstić information content (AvgIpc) is 2.77. The molecule has 0 aromatic rings. The second-order valence-corrected chi connectivity index (χ2v) is 6.70. The van der Waals surface area contributed by atoms with Crippen molar-refractivity contribution in [2.24, 2.45) is 11.8 Å². The van der Waals surface area contributed by atoms with Gasteiger partial charge in [0.15, 0.2) is 0 Å². The number of hydrogen-bond acceptors (Lipinski definition) is 5. The van der Waals surface area contributed by atoms with E-state index in [0.717, 1.165) is 19.3 Å². The Bertz CT molecular complexity index is 433. The van der Waals surface area contributed by atoms with Crippen molar-refractivity contribution < 1.29 is 30.0 Å². The summed E-state index contributed by atoms with van der Waals surface area (Å²) >= 11 is 0. The van der Waals surface area contributed by atoms with Crippen molar-refractivity contribution in [2.45, 2.75) is 76.6 Å². The molecule has 0 radical (unpaired) electrons. The van der Waals surface area contributed by atoms with E-state index in [-0.39, 0.29) is 31.5 Å². The smallest absolute Gasteiger partial charge is 0.303 e. The molecule has 0 heterocycles. The number of aliphatic carboxylic acids is 1. The molecule has 1 rings (SSSR count). The third kappa shape index (κ3) is 7.11. The number of carbonyl (C=O) groups excluding carboxylic acids is 1. The van der Waals surface area contributed by atoms with E-state index in [1.54, 1.807) is 12.2 Å². The van der Waals surface area contributed by atoms with Gasteiger partial charge in [0.1, 0.15) is 5.78 Å². The van der Waals surface area contributed by atoms with Crippen molar-refractivity contribution in [3.8, 4) is 0 Å². The number of rotatable bonds is 11. The van der Waals surface area contributed by atoms with Crippen LogP contribution in [0.2, 0.25) is 0 Å². The number of aliphatic hydroxyl groups is 3. The SMILES string of the molecule is CCCCC[C@H](O)C=C[C@@H]1[C@@H](CC(=O)CCC(=O)O)[C@@H](O)C[C@H]1O. The van der Waals surface area contributed by atoms with Crippen molar-refractivity contribution in [1.82, 2.24) is 0 Å². The standard InChI is InChI=1S/C18H30O6/c1-2-3-4-5-12(19)6-8-14-15(17(22)11-16(14)21)10-13(20)7-9-18(23)24/h6,8,12,14-17,19,21-22H,2-5,7,9-11H2,1H3,(H,23,24)/t12-,14+,15+,16+,17-/m0/s1. The molecule has 1 aliphatic rings. The van der Waals surface area contributed by atoms with Crippen LogP contribution >= 0.6 is 0 Å². The highest BCUT2D eigenvalue weighted by Gasteiger charge is 2.41. The van der Waals surface area contributed by atoms with Crippen molar-refractivity contribution in [2.75, 3.05) is 0 Å². The van der Waals surface area contributed by atoms with Gasteiger partial charge >= 0.3 is 5.97 Å². The summed E-state index contributed by atoms with van der Waals surface area (Å²) in [5.41, 5.74) is 0. The van der Waals surface area contributed by atoms with Crippen molar-refractivity contribution >= 4 is 11.8 Å². The summed E-state index contributed by atoms with van der Waals surface area (Å²) in [6.45, 7) is 2.09. The number of ketones is 1. The summed E-state index contributed by atoms with van der Waals surface area (Å²) in [6, 6.07) is 0. The first-order valence-corrected chi connectivity index (χ1v) is 8.81. The predicted octanol–water partition coefficient (Wildman–Crippen LogP) is 1.67. The molecule has 0 spiro atoms. The maximum Gasteiger partial charge on any atom is 0.303 e. The zero-order valence-electron chi connectivity index (χ0n) is 14.3. The van der Waals surface area contributed by atoms with Crippen LogP contribution in [0, 0.1) is 11.8 Å². The molecular formula is C18H30O6. The highest BCUT2D eigenvalue weighted by molar-refractivity contribution is 5.82. The fraction of sp³-hybridized carbons (Fsp3) is 0.778. The zero-order valence-corrected chi connectivity index (χ0v) is 14.3. The maximum atomic E-state index is 11.9. The number of unbranched alkanes of at least 4 members (excludes halogenated alkanes) is 2.